The van der Waals surface area contributed by atoms with Crippen LogP contribution in [0.25, 0.3) is 32.7 Å². The van der Waals surface area contributed by atoms with E-state index in [0.717, 1.165) is 28.4 Å². The molecule has 0 aliphatic heterocycles. The Labute approximate surface area is 234 Å². The lowest BCUT2D eigenvalue weighted by molar-refractivity contribution is 1.29. The van der Waals surface area contributed by atoms with Gasteiger partial charge < -0.3 is 10.2 Å². The third kappa shape index (κ3) is 4.79. The maximum Gasteiger partial charge on any atom is 0.0468 e. The van der Waals surface area contributed by atoms with Gasteiger partial charge >= 0.3 is 0 Å². The third-order valence-electron chi connectivity index (χ3n) is 7.39. The van der Waals surface area contributed by atoms with Gasteiger partial charge in [0.05, 0.1) is 0 Å². The number of nitrogens with zero attached hydrogens (tertiary/aromatic N) is 1. The van der Waals surface area contributed by atoms with Crippen molar-refractivity contribution in [3.8, 4) is 11.1 Å². The lowest BCUT2D eigenvalue weighted by atomic mass is 10.1. The molecule has 2 nitrogen and oxygen atoms in total. The van der Waals surface area contributed by atoms with Gasteiger partial charge in [-0.15, -0.1) is 0 Å². The molecule has 0 spiro atoms. The van der Waals surface area contributed by atoms with Crippen LogP contribution < -0.4 is 10.2 Å². The van der Waals surface area contributed by atoms with Gasteiger partial charge in [-0.25, -0.2) is 0 Å². The summed E-state index contributed by atoms with van der Waals surface area (Å²) < 4.78 is 0. The molecule has 0 fully saturated rings. The molecule has 0 saturated carbocycles. The van der Waals surface area contributed by atoms with E-state index in [0.29, 0.717) is 0 Å². The lowest BCUT2D eigenvalue weighted by Gasteiger charge is -2.26. The maximum absolute atomic E-state index is 3.56. The monoisotopic (exact) mass is 512 g/mol. The van der Waals surface area contributed by atoms with Crippen LogP contribution in [0.15, 0.2) is 164 Å². The van der Waals surface area contributed by atoms with Crippen molar-refractivity contribution in [2.45, 2.75) is 0 Å². The van der Waals surface area contributed by atoms with Gasteiger partial charge in [0.25, 0.3) is 0 Å². The minimum absolute atomic E-state index is 1.05. The lowest BCUT2D eigenvalue weighted by Crippen LogP contribution is -2.10. The van der Waals surface area contributed by atoms with Crippen molar-refractivity contribution < 1.29 is 0 Å². The van der Waals surface area contributed by atoms with Crippen molar-refractivity contribution in [1.82, 2.24) is 0 Å². The first kappa shape index (κ1) is 23.8. The topological polar surface area (TPSA) is 15.3 Å². The van der Waals surface area contributed by atoms with Crippen LogP contribution in [0, 0.1) is 0 Å². The van der Waals surface area contributed by atoms with Crippen LogP contribution >= 0.6 is 0 Å². The molecule has 0 saturated heterocycles. The van der Waals surface area contributed by atoms with Crippen LogP contribution in [-0.4, -0.2) is 0 Å². The minimum Gasteiger partial charge on any atom is -0.356 e. The second-order valence-electron chi connectivity index (χ2n) is 10.0. The van der Waals surface area contributed by atoms with Gasteiger partial charge in [-0.05, 0) is 93.3 Å². The molecule has 1 N–H and O–H groups in total. The van der Waals surface area contributed by atoms with Crippen molar-refractivity contribution in [2.24, 2.45) is 0 Å². The molecule has 40 heavy (non-hydrogen) atoms. The zero-order chi connectivity index (χ0) is 26.7. The summed E-state index contributed by atoms with van der Waals surface area (Å²) in [6.45, 7) is 0. The summed E-state index contributed by atoms with van der Waals surface area (Å²) in [5, 5.41) is 8.49. The van der Waals surface area contributed by atoms with Crippen LogP contribution in [0.4, 0.5) is 28.4 Å². The number of nitrogens with one attached hydrogen (secondary N) is 1. The van der Waals surface area contributed by atoms with Crippen molar-refractivity contribution in [3.05, 3.63) is 164 Å². The van der Waals surface area contributed by atoms with Crippen LogP contribution in [0.3, 0.4) is 0 Å². The minimum atomic E-state index is 1.05. The number of anilines is 5. The van der Waals surface area contributed by atoms with E-state index in [2.05, 4.69) is 168 Å². The summed E-state index contributed by atoms with van der Waals surface area (Å²) >= 11 is 0. The summed E-state index contributed by atoms with van der Waals surface area (Å²) in [4.78, 5) is 2.33. The second-order valence-corrected chi connectivity index (χ2v) is 10.0. The molecule has 190 valence electrons. The fourth-order valence-corrected chi connectivity index (χ4v) is 5.32. The molecule has 0 bridgehead atoms. The molecular formula is C38H28N2. The van der Waals surface area contributed by atoms with Gasteiger partial charge in [-0.2, -0.15) is 0 Å². The Morgan fingerprint density at radius 1 is 0.325 bits per heavy atom. The number of rotatable bonds is 6. The highest BCUT2D eigenvalue weighted by atomic mass is 15.1. The quantitative estimate of drug-likeness (QED) is 0.238. The normalized spacial score (nSPS) is 11.0. The van der Waals surface area contributed by atoms with E-state index < -0.39 is 0 Å². The highest BCUT2D eigenvalue weighted by molar-refractivity contribution is 5.92. The molecule has 0 aliphatic carbocycles. The van der Waals surface area contributed by atoms with Crippen LogP contribution in [0.2, 0.25) is 0 Å². The van der Waals surface area contributed by atoms with E-state index in [1.807, 2.05) is 6.07 Å². The van der Waals surface area contributed by atoms with Gasteiger partial charge in [-0.3, -0.25) is 0 Å². The molecule has 0 aromatic heterocycles. The van der Waals surface area contributed by atoms with Crippen LogP contribution in [-0.2, 0) is 0 Å². The largest absolute Gasteiger partial charge is 0.356 e. The highest BCUT2D eigenvalue weighted by Crippen LogP contribution is 2.38. The average molecular weight is 513 g/mol. The van der Waals surface area contributed by atoms with Crippen molar-refractivity contribution in [3.63, 3.8) is 0 Å². The molecule has 7 rings (SSSR count). The van der Waals surface area contributed by atoms with Gasteiger partial charge in [0.15, 0.2) is 0 Å². The predicted molar refractivity (Wildman–Crippen MR) is 171 cm³/mol. The summed E-state index contributed by atoms with van der Waals surface area (Å²) in [5.41, 5.74) is 7.92. The fraction of sp³-hybridized carbons (Fsp3) is 0. The summed E-state index contributed by atoms with van der Waals surface area (Å²) in [6.07, 6.45) is 0. The zero-order valence-electron chi connectivity index (χ0n) is 22.0. The van der Waals surface area contributed by atoms with E-state index >= 15 is 0 Å². The van der Waals surface area contributed by atoms with Crippen molar-refractivity contribution in [1.29, 1.82) is 0 Å². The van der Waals surface area contributed by atoms with Crippen molar-refractivity contribution >= 4 is 50.0 Å². The van der Waals surface area contributed by atoms with E-state index in [-0.39, 0.29) is 0 Å². The number of hydrogen-bond acceptors (Lipinski definition) is 2. The predicted octanol–water partition coefficient (Wildman–Crippen LogP) is 10.9. The number of fused-ring (bicyclic) bond motifs is 2. The summed E-state index contributed by atoms with van der Waals surface area (Å²) in [7, 11) is 0. The highest BCUT2D eigenvalue weighted by Gasteiger charge is 2.14. The van der Waals surface area contributed by atoms with Crippen LogP contribution in [0.1, 0.15) is 0 Å². The summed E-state index contributed by atoms with van der Waals surface area (Å²) in [5.74, 6) is 0. The Kier molecular flexibility index (Phi) is 6.20. The Morgan fingerprint density at radius 2 is 0.750 bits per heavy atom. The van der Waals surface area contributed by atoms with E-state index in [9.17, 15) is 0 Å². The van der Waals surface area contributed by atoms with Gasteiger partial charge in [0, 0.05) is 28.4 Å². The van der Waals surface area contributed by atoms with Crippen molar-refractivity contribution in [2.75, 3.05) is 10.2 Å². The first-order valence-electron chi connectivity index (χ1n) is 13.6. The zero-order valence-corrected chi connectivity index (χ0v) is 22.0. The van der Waals surface area contributed by atoms with E-state index in [1.165, 1.54) is 32.7 Å². The molecule has 7 aromatic rings. The van der Waals surface area contributed by atoms with Crippen LogP contribution in [0.5, 0.6) is 0 Å². The fourth-order valence-electron chi connectivity index (χ4n) is 5.32. The molecule has 2 heteroatoms. The third-order valence-corrected chi connectivity index (χ3v) is 7.39. The second kappa shape index (κ2) is 10.4. The molecule has 0 atom stereocenters. The SMILES string of the molecule is c1ccc(-c2ccc(Nc3ccc(N(c4ccc5ccccc5c4)c4ccc5ccccc5c4)cc3)cc2)cc1. The Hall–Kier alpha value is -5.34. The van der Waals surface area contributed by atoms with E-state index in [1.54, 1.807) is 0 Å². The van der Waals surface area contributed by atoms with Gasteiger partial charge in [-0.1, -0.05) is 103 Å². The first-order valence-corrected chi connectivity index (χ1v) is 13.6. The smallest absolute Gasteiger partial charge is 0.0468 e. The average Bonchev–Trinajstić information content (AvgIpc) is 3.03. The Bertz CT molecular complexity index is 1830. The van der Waals surface area contributed by atoms with Gasteiger partial charge in [0.2, 0.25) is 0 Å². The number of benzene rings is 7. The summed E-state index contributed by atoms with van der Waals surface area (Å²) in [6, 6.07) is 58.1. The molecular weight excluding hydrogens is 484 g/mol. The molecule has 0 amide bonds. The molecule has 0 unspecified atom stereocenters. The Balaban J connectivity index is 1.22. The Morgan fingerprint density at radius 3 is 1.30 bits per heavy atom. The number of hydrogen-bond donors (Lipinski definition) is 1. The van der Waals surface area contributed by atoms with Gasteiger partial charge in [0.1, 0.15) is 0 Å². The molecule has 0 heterocycles. The van der Waals surface area contributed by atoms with E-state index in [4.69, 9.17) is 0 Å². The standard InChI is InChI=1S/C38H28N2/c1-2-8-28(9-3-1)31-14-18-34(19-15-31)39-35-20-24-36(25-21-35)40(37-22-16-29-10-4-6-12-32(29)26-37)38-23-17-30-11-5-7-13-33(30)27-38/h1-27,39H. The molecule has 0 aliphatic rings. The first-order chi connectivity index (χ1) is 19.8. The maximum atomic E-state index is 3.56. The molecule has 0 radical (unpaired) electrons. The molecule has 7 aromatic carbocycles.